The van der Waals surface area contributed by atoms with Gasteiger partial charge >= 0.3 is 0 Å². The Morgan fingerprint density at radius 1 is 1.00 bits per heavy atom. The molecule has 1 N–H and O–H groups in total. The molecule has 5 nitrogen and oxygen atoms in total. The largest absolute Gasteiger partial charge is 0.384 e. The van der Waals surface area contributed by atoms with Gasteiger partial charge in [0.1, 0.15) is 17.7 Å². The first-order chi connectivity index (χ1) is 18.4. The normalized spacial score (nSPS) is 16.1. The summed E-state index contributed by atoms with van der Waals surface area (Å²) < 4.78 is 35.0. The number of carbonyl (C=O) groups is 1. The second-order valence-corrected chi connectivity index (χ2v) is 10.3. The lowest BCUT2D eigenvalue weighted by Crippen LogP contribution is -2.44. The second-order valence-electron chi connectivity index (χ2n) is 10.3. The van der Waals surface area contributed by atoms with Crippen molar-refractivity contribution < 1.29 is 18.3 Å². The Labute approximate surface area is 234 Å². The molecule has 0 saturated carbocycles. The van der Waals surface area contributed by atoms with Crippen molar-refractivity contribution in [2.24, 2.45) is 5.41 Å². The van der Waals surface area contributed by atoms with E-state index in [1.807, 2.05) is 17.0 Å². The van der Waals surface area contributed by atoms with Crippen molar-refractivity contribution in [1.82, 2.24) is 10.2 Å². The van der Waals surface area contributed by atoms with Gasteiger partial charge in [0.25, 0.3) is 5.91 Å². The smallest absolute Gasteiger partial charge is 0.253 e. The molecule has 3 aromatic rings. The first kappa shape index (κ1) is 28.7. The van der Waals surface area contributed by atoms with Crippen LogP contribution in [0, 0.1) is 28.4 Å². The molecule has 2 fully saturated rings. The third kappa shape index (κ3) is 5.99. The Morgan fingerprint density at radius 2 is 1.77 bits per heavy atom. The number of nitrogens with one attached hydrogen (secondary N) is 1. The zero-order valence-corrected chi connectivity index (χ0v) is 22.8. The van der Waals surface area contributed by atoms with Gasteiger partial charge in [-0.1, -0.05) is 24.3 Å². The van der Waals surface area contributed by atoms with E-state index in [4.69, 9.17) is 4.74 Å². The van der Waals surface area contributed by atoms with Crippen LogP contribution in [0.1, 0.15) is 40.7 Å². The van der Waals surface area contributed by atoms with E-state index in [2.05, 4.69) is 5.32 Å². The van der Waals surface area contributed by atoms with Crippen LogP contribution in [0.25, 0.3) is 22.3 Å². The lowest BCUT2D eigenvalue weighted by atomic mass is 9.77. The minimum absolute atomic E-state index is 0. The van der Waals surface area contributed by atoms with Crippen molar-refractivity contribution in [3.63, 3.8) is 0 Å². The van der Waals surface area contributed by atoms with E-state index in [0.717, 1.165) is 37.9 Å². The summed E-state index contributed by atoms with van der Waals surface area (Å²) in [4.78, 5) is 15.4. The molecule has 5 rings (SSSR count). The molecule has 2 aliphatic rings. The summed E-state index contributed by atoms with van der Waals surface area (Å²) in [5.41, 5.74) is 3.44. The summed E-state index contributed by atoms with van der Waals surface area (Å²) in [6.45, 7) is 3.92. The van der Waals surface area contributed by atoms with Crippen LogP contribution in [0.2, 0.25) is 0 Å². The molecule has 0 aliphatic carbocycles. The highest BCUT2D eigenvalue weighted by Gasteiger charge is 2.38. The van der Waals surface area contributed by atoms with E-state index in [-0.39, 0.29) is 23.9 Å². The van der Waals surface area contributed by atoms with E-state index in [1.165, 1.54) is 18.2 Å². The fourth-order valence-corrected chi connectivity index (χ4v) is 5.67. The minimum Gasteiger partial charge on any atom is -0.384 e. The number of rotatable bonds is 6. The highest BCUT2D eigenvalue weighted by Crippen LogP contribution is 2.39. The number of benzene rings is 3. The van der Waals surface area contributed by atoms with Crippen LogP contribution in [-0.2, 0) is 11.2 Å². The number of halogens is 3. The lowest BCUT2D eigenvalue weighted by Gasteiger charge is -2.39. The van der Waals surface area contributed by atoms with Crippen molar-refractivity contribution in [3.8, 4) is 28.3 Å². The van der Waals surface area contributed by atoms with E-state index in [9.17, 15) is 14.4 Å². The SMILES string of the molecule is COCCc1ccc(-c2ccc(C(=O)N3CCC4(CCNC4)CC3)cc2-c2ccc(C#N)c(F)c2)c(F)c1.Cl. The number of methoxy groups -OCH3 is 1. The van der Waals surface area contributed by atoms with E-state index in [1.54, 1.807) is 37.4 Å². The van der Waals surface area contributed by atoms with Gasteiger partial charge in [-0.3, -0.25) is 4.79 Å². The number of carbonyl (C=O) groups excluding carboxylic acids is 1. The molecule has 0 unspecified atom stereocenters. The maximum Gasteiger partial charge on any atom is 0.253 e. The first-order valence-electron chi connectivity index (χ1n) is 13.0. The number of hydrogen-bond acceptors (Lipinski definition) is 4. The Morgan fingerprint density at radius 3 is 2.41 bits per heavy atom. The van der Waals surface area contributed by atoms with Crippen molar-refractivity contribution in [3.05, 3.63) is 82.9 Å². The van der Waals surface area contributed by atoms with Gasteiger partial charge in [-0.25, -0.2) is 8.78 Å². The standard InChI is InChI=1S/C31H31F2N3O2.ClH/c1-38-15-8-21-2-6-26(29(33)16-21)25-7-5-23(17-27(25)22-3-4-24(19-34)28(32)18-22)30(37)36-13-10-31(11-14-36)9-12-35-20-31;/h2-7,16-18,35H,8-15,20H2,1H3;1H. The van der Waals surface area contributed by atoms with Gasteiger partial charge in [0.2, 0.25) is 0 Å². The van der Waals surface area contributed by atoms with Crippen molar-refractivity contribution in [1.29, 1.82) is 5.26 Å². The van der Waals surface area contributed by atoms with E-state index < -0.39 is 11.6 Å². The van der Waals surface area contributed by atoms with Gasteiger partial charge in [0.15, 0.2) is 0 Å². The number of nitrogens with zero attached hydrogens (tertiary/aromatic N) is 2. The van der Waals surface area contributed by atoms with Crippen molar-refractivity contribution in [2.75, 3.05) is 39.9 Å². The molecule has 2 heterocycles. The van der Waals surface area contributed by atoms with Crippen molar-refractivity contribution in [2.45, 2.75) is 25.7 Å². The van der Waals surface area contributed by atoms with Gasteiger partial charge < -0.3 is 15.0 Å². The highest BCUT2D eigenvalue weighted by molar-refractivity contribution is 5.98. The molecule has 0 bridgehead atoms. The molecule has 204 valence electrons. The second kappa shape index (κ2) is 12.3. The molecule has 1 amide bonds. The Bertz CT molecular complexity index is 1390. The summed E-state index contributed by atoms with van der Waals surface area (Å²) >= 11 is 0. The summed E-state index contributed by atoms with van der Waals surface area (Å²) in [5, 5.41) is 12.6. The number of likely N-dealkylation sites (tertiary alicyclic amines) is 1. The summed E-state index contributed by atoms with van der Waals surface area (Å²) in [5.74, 6) is -1.14. The molecule has 39 heavy (non-hydrogen) atoms. The van der Waals surface area contributed by atoms with Crippen LogP contribution in [0.4, 0.5) is 8.78 Å². The van der Waals surface area contributed by atoms with Crippen LogP contribution < -0.4 is 5.32 Å². The maximum absolute atomic E-state index is 15.3. The number of amides is 1. The molecule has 0 radical (unpaired) electrons. The van der Waals surface area contributed by atoms with Crippen LogP contribution >= 0.6 is 12.4 Å². The molecule has 3 aromatic carbocycles. The van der Waals surface area contributed by atoms with Gasteiger partial charge in [-0.05, 0) is 90.2 Å². The van der Waals surface area contributed by atoms with Gasteiger partial charge in [0, 0.05) is 37.9 Å². The molecule has 1 spiro atoms. The first-order valence-corrected chi connectivity index (χ1v) is 13.0. The van der Waals surface area contributed by atoms with Crippen LogP contribution in [0.5, 0.6) is 0 Å². The zero-order valence-electron chi connectivity index (χ0n) is 21.9. The average Bonchev–Trinajstić information content (AvgIpc) is 3.39. The number of piperidine rings is 1. The summed E-state index contributed by atoms with van der Waals surface area (Å²) in [7, 11) is 1.60. The topological polar surface area (TPSA) is 65.4 Å². The summed E-state index contributed by atoms with van der Waals surface area (Å²) in [6.07, 6.45) is 3.67. The predicted molar refractivity (Wildman–Crippen MR) is 150 cm³/mol. The Balaban J connectivity index is 0.00000353. The molecule has 2 aliphatic heterocycles. The lowest BCUT2D eigenvalue weighted by molar-refractivity contribution is 0.0607. The van der Waals surface area contributed by atoms with Gasteiger partial charge in [-0.15, -0.1) is 12.4 Å². The summed E-state index contributed by atoms with van der Waals surface area (Å²) in [6, 6.07) is 16.4. The monoisotopic (exact) mass is 551 g/mol. The average molecular weight is 552 g/mol. The molecule has 8 heteroatoms. The van der Waals surface area contributed by atoms with Gasteiger partial charge in [0.05, 0.1) is 12.2 Å². The zero-order chi connectivity index (χ0) is 26.7. The van der Waals surface area contributed by atoms with E-state index in [0.29, 0.717) is 59.3 Å². The Kier molecular flexibility index (Phi) is 9.01. The Hall–Kier alpha value is -3.31. The third-order valence-corrected chi connectivity index (χ3v) is 8.03. The maximum atomic E-state index is 15.3. The molecule has 0 aromatic heterocycles. The minimum atomic E-state index is -0.658. The quantitative estimate of drug-likeness (QED) is 0.408. The van der Waals surface area contributed by atoms with Crippen LogP contribution in [0.15, 0.2) is 54.6 Å². The third-order valence-electron chi connectivity index (χ3n) is 8.03. The van der Waals surface area contributed by atoms with Crippen molar-refractivity contribution >= 4 is 18.3 Å². The van der Waals surface area contributed by atoms with Crippen LogP contribution in [-0.4, -0.2) is 50.7 Å². The van der Waals surface area contributed by atoms with E-state index >= 15 is 4.39 Å². The fourth-order valence-electron chi connectivity index (χ4n) is 5.67. The number of nitriles is 1. The molecular formula is C31H32ClF2N3O2. The number of hydrogen-bond donors (Lipinski definition) is 1. The highest BCUT2D eigenvalue weighted by atomic mass is 35.5. The number of ether oxygens (including phenoxy) is 1. The fraction of sp³-hybridized carbons (Fsp3) is 0.355. The van der Waals surface area contributed by atoms with Crippen LogP contribution in [0.3, 0.4) is 0 Å². The van der Waals surface area contributed by atoms with Gasteiger partial charge in [-0.2, -0.15) is 5.26 Å². The predicted octanol–water partition coefficient (Wildman–Crippen LogP) is 6.00. The molecular weight excluding hydrogens is 520 g/mol. The molecule has 0 atom stereocenters. The molecule has 2 saturated heterocycles.